The molecule has 0 amide bonds. The van der Waals surface area contributed by atoms with Gasteiger partial charge in [0, 0.05) is 12.6 Å². The quantitative estimate of drug-likeness (QED) is 0.728. The van der Waals surface area contributed by atoms with Crippen molar-refractivity contribution in [1.82, 2.24) is 15.5 Å². The van der Waals surface area contributed by atoms with Crippen molar-refractivity contribution in [1.29, 1.82) is 0 Å². The minimum absolute atomic E-state index is 0.584. The Labute approximate surface area is 96.3 Å². The fourth-order valence-electron chi connectivity index (χ4n) is 1.47. The molecule has 86 valence electrons. The Hall–Kier alpha value is -0.480. The molecular weight excluding hydrogens is 206 g/mol. The third kappa shape index (κ3) is 5.23. The number of nitrogens with one attached hydrogen (secondary N) is 1. The van der Waals surface area contributed by atoms with Gasteiger partial charge >= 0.3 is 0 Å². The van der Waals surface area contributed by atoms with E-state index in [1.54, 1.807) is 11.3 Å². The van der Waals surface area contributed by atoms with Gasteiger partial charge in [-0.05, 0) is 20.3 Å². The molecule has 0 aromatic carbocycles. The van der Waals surface area contributed by atoms with E-state index in [4.69, 9.17) is 0 Å². The number of rotatable bonds is 7. The Morgan fingerprint density at radius 1 is 1.33 bits per heavy atom. The second kappa shape index (κ2) is 6.90. The first-order chi connectivity index (χ1) is 7.22. The van der Waals surface area contributed by atoms with E-state index in [2.05, 4.69) is 29.4 Å². The minimum Gasteiger partial charge on any atom is -0.308 e. The Bertz CT molecular complexity index is 273. The third-order valence-corrected chi connectivity index (χ3v) is 3.25. The molecular formula is C11H21N3S. The second-order valence-corrected chi connectivity index (χ2v) is 5.26. The summed E-state index contributed by atoms with van der Waals surface area (Å²) in [5.41, 5.74) is 0. The minimum atomic E-state index is 0.584. The van der Waals surface area contributed by atoms with E-state index in [0.29, 0.717) is 6.04 Å². The van der Waals surface area contributed by atoms with Gasteiger partial charge in [-0.3, -0.25) is 0 Å². The summed E-state index contributed by atoms with van der Waals surface area (Å²) in [5, 5.41) is 13.7. The van der Waals surface area contributed by atoms with E-state index in [1.807, 2.05) is 6.92 Å². The Morgan fingerprint density at radius 2 is 2.13 bits per heavy atom. The number of hydrogen-bond acceptors (Lipinski definition) is 4. The predicted octanol–water partition coefficient (Wildman–Crippen LogP) is 2.90. The molecule has 3 nitrogen and oxygen atoms in total. The normalized spacial score (nSPS) is 13.0. The maximum Gasteiger partial charge on any atom is 0.131 e. The zero-order valence-corrected chi connectivity index (χ0v) is 10.7. The van der Waals surface area contributed by atoms with E-state index in [9.17, 15) is 0 Å². The van der Waals surface area contributed by atoms with Crippen molar-refractivity contribution in [3.8, 4) is 0 Å². The van der Waals surface area contributed by atoms with Gasteiger partial charge in [0.25, 0.3) is 0 Å². The molecule has 1 aromatic rings. The Morgan fingerprint density at radius 3 is 2.73 bits per heavy atom. The lowest BCUT2D eigenvalue weighted by Crippen LogP contribution is -2.25. The number of aryl methyl sites for hydroxylation is 1. The van der Waals surface area contributed by atoms with Crippen molar-refractivity contribution in [2.24, 2.45) is 0 Å². The molecule has 0 fully saturated rings. The second-order valence-electron chi connectivity index (χ2n) is 3.99. The highest BCUT2D eigenvalue weighted by atomic mass is 32.1. The highest BCUT2D eigenvalue weighted by Gasteiger charge is 2.03. The van der Waals surface area contributed by atoms with Crippen molar-refractivity contribution < 1.29 is 0 Å². The van der Waals surface area contributed by atoms with Gasteiger partial charge in [0.15, 0.2) is 0 Å². The van der Waals surface area contributed by atoms with Gasteiger partial charge in [-0.25, -0.2) is 0 Å². The van der Waals surface area contributed by atoms with Gasteiger partial charge in [-0.1, -0.05) is 26.2 Å². The van der Waals surface area contributed by atoms with Crippen molar-refractivity contribution in [3.05, 3.63) is 10.0 Å². The number of nitrogens with zero attached hydrogens (tertiary/aromatic N) is 2. The van der Waals surface area contributed by atoms with E-state index in [1.165, 1.54) is 25.7 Å². The van der Waals surface area contributed by atoms with Crippen LogP contribution in [0.2, 0.25) is 0 Å². The molecule has 0 saturated carbocycles. The summed E-state index contributed by atoms with van der Waals surface area (Å²) >= 11 is 1.67. The van der Waals surface area contributed by atoms with Gasteiger partial charge in [0.2, 0.25) is 0 Å². The first-order valence-corrected chi connectivity index (χ1v) is 6.56. The summed E-state index contributed by atoms with van der Waals surface area (Å²) in [5.74, 6) is 0. The Kier molecular flexibility index (Phi) is 5.79. The summed E-state index contributed by atoms with van der Waals surface area (Å²) in [4.78, 5) is 0. The van der Waals surface area contributed by atoms with Crippen molar-refractivity contribution in [3.63, 3.8) is 0 Å². The molecule has 0 spiro atoms. The summed E-state index contributed by atoms with van der Waals surface area (Å²) in [7, 11) is 0. The Balaban J connectivity index is 2.13. The van der Waals surface area contributed by atoms with E-state index in [0.717, 1.165) is 16.6 Å². The lowest BCUT2D eigenvalue weighted by Gasteiger charge is -2.11. The molecule has 1 N–H and O–H groups in total. The van der Waals surface area contributed by atoms with Crippen LogP contribution in [-0.4, -0.2) is 16.2 Å². The zero-order valence-electron chi connectivity index (χ0n) is 9.92. The molecule has 0 aliphatic heterocycles. The van der Waals surface area contributed by atoms with Gasteiger partial charge < -0.3 is 5.32 Å². The molecule has 1 rings (SSSR count). The molecule has 15 heavy (non-hydrogen) atoms. The van der Waals surface area contributed by atoms with Gasteiger partial charge in [0.1, 0.15) is 10.0 Å². The zero-order chi connectivity index (χ0) is 11.1. The topological polar surface area (TPSA) is 37.8 Å². The molecule has 0 aliphatic carbocycles. The standard InChI is InChI=1S/C11H21N3S/c1-4-5-6-7-9(2)12-8-11-14-13-10(3)15-11/h9,12H,4-8H2,1-3H3. The van der Waals surface area contributed by atoms with Crippen LogP contribution in [0.25, 0.3) is 0 Å². The van der Waals surface area contributed by atoms with Crippen LogP contribution in [0, 0.1) is 6.92 Å². The molecule has 1 unspecified atom stereocenters. The first-order valence-electron chi connectivity index (χ1n) is 5.74. The van der Waals surface area contributed by atoms with Crippen molar-refractivity contribution >= 4 is 11.3 Å². The summed E-state index contributed by atoms with van der Waals surface area (Å²) in [6, 6.07) is 0.584. The number of unbranched alkanes of at least 4 members (excludes halogenated alkanes) is 2. The molecule has 0 aliphatic rings. The third-order valence-electron chi connectivity index (χ3n) is 2.41. The van der Waals surface area contributed by atoms with Gasteiger partial charge in [-0.2, -0.15) is 0 Å². The highest BCUT2D eigenvalue weighted by molar-refractivity contribution is 7.11. The average Bonchev–Trinajstić information content (AvgIpc) is 2.62. The average molecular weight is 227 g/mol. The van der Waals surface area contributed by atoms with Crippen molar-refractivity contribution in [2.75, 3.05) is 0 Å². The largest absolute Gasteiger partial charge is 0.308 e. The van der Waals surface area contributed by atoms with Crippen LogP contribution in [0.15, 0.2) is 0 Å². The molecule has 0 saturated heterocycles. The van der Waals surface area contributed by atoms with E-state index in [-0.39, 0.29) is 0 Å². The predicted molar refractivity (Wildman–Crippen MR) is 65.1 cm³/mol. The van der Waals surface area contributed by atoms with Crippen molar-refractivity contribution in [2.45, 2.75) is 59.0 Å². The monoisotopic (exact) mass is 227 g/mol. The number of aromatic nitrogens is 2. The summed E-state index contributed by atoms with van der Waals surface area (Å²) in [6.45, 7) is 7.33. The lowest BCUT2D eigenvalue weighted by molar-refractivity contribution is 0.486. The number of hydrogen-bond donors (Lipinski definition) is 1. The maximum absolute atomic E-state index is 4.09. The smallest absolute Gasteiger partial charge is 0.131 e. The first kappa shape index (κ1) is 12.6. The van der Waals surface area contributed by atoms with Gasteiger partial charge in [0.05, 0.1) is 0 Å². The van der Waals surface area contributed by atoms with Crippen LogP contribution in [0.5, 0.6) is 0 Å². The molecule has 0 radical (unpaired) electrons. The maximum atomic E-state index is 4.09. The van der Waals surface area contributed by atoms with Crippen LogP contribution in [0.3, 0.4) is 0 Å². The SMILES string of the molecule is CCCCCC(C)NCc1nnc(C)s1. The summed E-state index contributed by atoms with van der Waals surface area (Å²) < 4.78 is 0. The van der Waals surface area contributed by atoms with Crippen LogP contribution < -0.4 is 5.32 Å². The fraction of sp³-hybridized carbons (Fsp3) is 0.818. The van der Waals surface area contributed by atoms with Crippen LogP contribution in [0.1, 0.15) is 49.5 Å². The molecule has 0 bridgehead atoms. The lowest BCUT2D eigenvalue weighted by atomic mass is 10.1. The molecule has 1 heterocycles. The molecule has 4 heteroatoms. The van der Waals surface area contributed by atoms with E-state index < -0.39 is 0 Å². The fourth-order valence-corrected chi connectivity index (χ4v) is 2.13. The molecule has 1 atom stereocenters. The van der Waals surface area contributed by atoms with E-state index >= 15 is 0 Å². The highest BCUT2D eigenvalue weighted by Crippen LogP contribution is 2.08. The molecule has 1 aromatic heterocycles. The van der Waals surface area contributed by atoms with Crippen LogP contribution in [-0.2, 0) is 6.54 Å². The summed E-state index contributed by atoms with van der Waals surface area (Å²) in [6.07, 6.45) is 5.21. The van der Waals surface area contributed by atoms with Crippen LogP contribution >= 0.6 is 11.3 Å². The van der Waals surface area contributed by atoms with Gasteiger partial charge in [-0.15, -0.1) is 21.5 Å². The van der Waals surface area contributed by atoms with Crippen LogP contribution in [0.4, 0.5) is 0 Å².